The second-order valence-corrected chi connectivity index (χ2v) is 7.79. The molecule has 2 amide bonds. The lowest BCUT2D eigenvalue weighted by Crippen LogP contribution is -2.46. The van der Waals surface area contributed by atoms with Crippen LogP contribution in [-0.2, 0) is 4.79 Å². The quantitative estimate of drug-likeness (QED) is 0.625. The first-order valence-corrected chi connectivity index (χ1v) is 10.8. The normalized spacial score (nSPS) is 14.4. The first kappa shape index (κ1) is 23.6. The number of hydrogen-bond donors (Lipinski definition) is 1. The van der Waals surface area contributed by atoms with E-state index in [2.05, 4.69) is 5.32 Å². The number of carbonyl (C=O) groups excluding carboxylic acids is 2. The molecule has 2 aromatic rings. The van der Waals surface area contributed by atoms with Gasteiger partial charge in [-0.2, -0.15) is 0 Å². The van der Waals surface area contributed by atoms with Crippen molar-refractivity contribution in [3.05, 3.63) is 64.4 Å². The summed E-state index contributed by atoms with van der Waals surface area (Å²) in [5.74, 6) is 0.246. The number of piperidine rings is 1. The fourth-order valence-electron chi connectivity index (χ4n) is 3.53. The van der Waals surface area contributed by atoms with Crippen molar-refractivity contribution in [1.82, 2.24) is 10.2 Å². The van der Waals surface area contributed by atoms with Crippen LogP contribution in [0.4, 0.5) is 4.39 Å². The van der Waals surface area contributed by atoms with Crippen molar-refractivity contribution < 1.29 is 23.5 Å². The van der Waals surface area contributed by atoms with Crippen molar-refractivity contribution in [3.63, 3.8) is 0 Å². The van der Waals surface area contributed by atoms with Crippen LogP contribution < -0.4 is 14.8 Å². The molecule has 1 aliphatic rings. The summed E-state index contributed by atoms with van der Waals surface area (Å²) in [6, 6.07) is 8.88. The zero-order chi connectivity index (χ0) is 23.1. The molecule has 1 heterocycles. The minimum absolute atomic E-state index is 0.0327. The smallest absolute Gasteiger partial charge is 0.251 e. The highest BCUT2D eigenvalue weighted by molar-refractivity contribution is 6.32. The molecule has 2 aromatic carbocycles. The third-order valence-corrected chi connectivity index (χ3v) is 5.48. The lowest BCUT2D eigenvalue weighted by Gasteiger charge is -2.31. The van der Waals surface area contributed by atoms with E-state index < -0.39 is 0 Å². The number of benzene rings is 2. The number of halogens is 2. The van der Waals surface area contributed by atoms with Crippen molar-refractivity contribution in [2.24, 2.45) is 0 Å². The van der Waals surface area contributed by atoms with Crippen molar-refractivity contribution in [3.8, 4) is 11.5 Å². The van der Waals surface area contributed by atoms with Crippen LogP contribution in [0.3, 0.4) is 0 Å². The summed E-state index contributed by atoms with van der Waals surface area (Å²) < 4.78 is 23.8. The van der Waals surface area contributed by atoms with Crippen LogP contribution in [0, 0.1) is 5.82 Å². The van der Waals surface area contributed by atoms with Crippen LogP contribution in [0.2, 0.25) is 5.02 Å². The van der Waals surface area contributed by atoms with Gasteiger partial charge in [0, 0.05) is 30.8 Å². The summed E-state index contributed by atoms with van der Waals surface area (Å²) in [5, 5.41) is 3.36. The number of likely N-dealkylation sites (tertiary alicyclic amines) is 1. The average Bonchev–Trinajstić information content (AvgIpc) is 2.78. The lowest BCUT2D eigenvalue weighted by atomic mass is 10.0. The molecule has 32 heavy (non-hydrogen) atoms. The number of methoxy groups -OCH3 is 1. The zero-order valence-electron chi connectivity index (χ0n) is 18.1. The number of nitrogens with one attached hydrogen (secondary N) is 1. The van der Waals surface area contributed by atoms with Gasteiger partial charge >= 0.3 is 0 Å². The second kappa shape index (κ2) is 11.0. The zero-order valence-corrected chi connectivity index (χ0v) is 18.8. The van der Waals surface area contributed by atoms with E-state index in [0.717, 1.165) is 5.56 Å². The largest absolute Gasteiger partial charge is 0.491 e. The van der Waals surface area contributed by atoms with Gasteiger partial charge in [-0.05, 0) is 67.8 Å². The maximum absolute atomic E-state index is 13.0. The minimum Gasteiger partial charge on any atom is -0.491 e. The number of nitrogens with zero attached hydrogens (tertiary/aromatic N) is 1. The molecule has 0 aromatic heterocycles. The van der Waals surface area contributed by atoms with E-state index in [-0.39, 0.29) is 23.7 Å². The molecule has 0 atom stereocenters. The maximum atomic E-state index is 13.0. The highest BCUT2D eigenvalue weighted by Gasteiger charge is 2.23. The molecule has 170 valence electrons. The molecule has 0 saturated carbocycles. The summed E-state index contributed by atoms with van der Waals surface area (Å²) in [5.41, 5.74) is 1.14. The van der Waals surface area contributed by atoms with Crippen molar-refractivity contribution in [1.29, 1.82) is 0 Å². The fraction of sp³-hybridized carbons (Fsp3) is 0.333. The van der Waals surface area contributed by atoms with Crippen LogP contribution in [0.1, 0.15) is 35.7 Å². The first-order chi connectivity index (χ1) is 15.4. The predicted molar refractivity (Wildman–Crippen MR) is 122 cm³/mol. The Morgan fingerprint density at radius 3 is 2.53 bits per heavy atom. The first-order valence-electron chi connectivity index (χ1n) is 10.4. The van der Waals surface area contributed by atoms with E-state index in [1.54, 1.807) is 23.1 Å². The van der Waals surface area contributed by atoms with Crippen LogP contribution in [0.25, 0.3) is 6.08 Å². The van der Waals surface area contributed by atoms with Gasteiger partial charge < -0.3 is 19.7 Å². The van der Waals surface area contributed by atoms with E-state index in [4.69, 9.17) is 21.1 Å². The summed E-state index contributed by atoms with van der Waals surface area (Å²) in [6.45, 7) is 3.40. The van der Waals surface area contributed by atoms with E-state index in [9.17, 15) is 14.0 Å². The highest BCUT2D eigenvalue weighted by atomic mass is 35.5. The third kappa shape index (κ3) is 6.01. The van der Waals surface area contributed by atoms with Gasteiger partial charge in [0.1, 0.15) is 5.82 Å². The van der Waals surface area contributed by atoms with E-state index >= 15 is 0 Å². The van der Waals surface area contributed by atoms with E-state index in [0.29, 0.717) is 54.6 Å². The second-order valence-electron chi connectivity index (χ2n) is 7.38. The SMILES string of the molecule is CCOc1cc(/C=C/C(=O)N2CCC(NC(=O)c3ccc(F)cc3)CC2)cc(Cl)c1OC. The molecular weight excluding hydrogens is 435 g/mol. The summed E-state index contributed by atoms with van der Waals surface area (Å²) >= 11 is 6.26. The number of amides is 2. The van der Waals surface area contributed by atoms with Gasteiger partial charge in [-0.25, -0.2) is 4.39 Å². The van der Waals surface area contributed by atoms with Gasteiger partial charge in [0.25, 0.3) is 5.91 Å². The molecule has 3 rings (SSSR count). The van der Waals surface area contributed by atoms with Crippen LogP contribution in [0.15, 0.2) is 42.5 Å². The fourth-order valence-corrected chi connectivity index (χ4v) is 3.83. The molecule has 1 aliphatic heterocycles. The Morgan fingerprint density at radius 1 is 1.22 bits per heavy atom. The van der Waals surface area contributed by atoms with E-state index in [1.807, 2.05) is 6.92 Å². The standard InChI is InChI=1S/C24H26ClFN2O4/c1-3-32-21-15-16(14-20(25)23(21)31-2)4-9-22(29)28-12-10-19(11-13-28)27-24(30)17-5-7-18(26)8-6-17/h4-9,14-15,19H,3,10-13H2,1-2H3,(H,27,30)/b9-4+. The molecule has 0 unspecified atom stereocenters. The number of carbonyl (C=O) groups is 2. The van der Waals surface area contributed by atoms with Gasteiger partial charge in [0.15, 0.2) is 11.5 Å². The molecule has 0 bridgehead atoms. The molecule has 1 N–H and O–H groups in total. The highest BCUT2D eigenvalue weighted by Crippen LogP contribution is 2.36. The number of ether oxygens (including phenoxy) is 2. The van der Waals surface area contributed by atoms with Crippen molar-refractivity contribution >= 4 is 29.5 Å². The molecular formula is C24H26ClFN2O4. The van der Waals surface area contributed by atoms with Crippen molar-refractivity contribution in [2.45, 2.75) is 25.8 Å². The molecule has 0 spiro atoms. The van der Waals surface area contributed by atoms with Crippen LogP contribution >= 0.6 is 11.6 Å². The monoisotopic (exact) mass is 460 g/mol. The Labute approximate surface area is 192 Å². The number of rotatable bonds is 7. The van der Waals surface area contributed by atoms with Crippen molar-refractivity contribution in [2.75, 3.05) is 26.8 Å². The summed E-state index contributed by atoms with van der Waals surface area (Å²) in [4.78, 5) is 26.6. The van der Waals surface area contributed by atoms with Crippen LogP contribution in [0.5, 0.6) is 11.5 Å². The maximum Gasteiger partial charge on any atom is 0.251 e. The Bertz CT molecular complexity index is 986. The average molecular weight is 461 g/mol. The molecule has 0 aliphatic carbocycles. The molecule has 6 nitrogen and oxygen atoms in total. The van der Waals surface area contributed by atoms with Crippen LogP contribution in [-0.4, -0.2) is 49.6 Å². The Balaban J connectivity index is 1.54. The third-order valence-electron chi connectivity index (χ3n) is 5.20. The minimum atomic E-state index is -0.382. The van der Waals surface area contributed by atoms with Gasteiger partial charge in [-0.1, -0.05) is 11.6 Å². The summed E-state index contributed by atoms with van der Waals surface area (Å²) in [7, 11) is 1.52. The van der Waals surface area contributed by atoms with Gasteiger partial charge in [-0.15, -0.1) is 0 Å². The summed E-state index contributed by atoms with van der Waals surface area (Å²) in [6.07, 6.45) is 4.49. The van der Waals surface area contributed by atoms with Gasteiger partial charge in [0.2, 0.25) is 5.91 Å². The lowest BCUT2D eigenvalue weighted by molar-refractivity contribution is -0.127. The number of hydrogen-bond acceptors (Lipinski definition) is 4. The Hall–Kier alpha value is -3.06. The molecule has 0 radical (unpaired) electrons. The molecule has 8 heteroatoms. The predicted octanol–water partition coefficient (Wildman–Crippen LogP) is 4.32. The van der Waals surface area contributed by atoms with Gasteiger partial charge in [0.05, 0.1) is 18.7 Å². The molecule has 1 saturated heterocycles. The molecule has 1 fully saturated rings. The Kier molecular flexibility index (Phi) is 8.11. The topological polar surface area (TPSA) is 67.9 Å². The van der Waals surface area contributed by atoms with E-state index in [1.165, 1.54) is 37.5 Å². The van der Waals surface area contributed by atoms with Gasteiger partial charge in [-0.3, -0.25) is 9.59 Å². The Morgan fingerprint density at radius 2 is 1.91 bits per heavy atom.